The second-order valence-electron chi connectivity index (χ2n) is 7.57. The zero-order valence-electron chi connectivity index (χ0n) is 16.2. The van der Waals surface area contributed by atoms with Crippen LogP contribution in [0.4, 0.5) is 4.79 Å². The fraction of sp³-hybridized carbons (Fsp3) is 0.304. The van der Waals surface area contributed by atoms with Gasteiger partial charge in [-0.15, -0.1) is 11.3 Å². The molecule has 0 radical (unpaired) electrons. The van der Waals surface area contributed by atoms with Crippen molar-refractivity contribution in [3.63, 3.8) is 0 Å². The summed E-state index contributed by atoms with van der Waals surface area (Å²) in [6.07, 6.45) is 2.83. The molecule has 0 saturated heterocycles. The summed E-state index contributed by atoms with van der Waals surface area (Å²) in [6, 6.07) is 19.1. The van der Waals surface area contributed by atoms with Gasteiger partial charge in [0.1, 0.15) is 5.01 Å². The first kappa shape index (κ1) is 18.7. The number of benzene rings is 2. The number of carbonyl (C=O) groups is 1. The average molecular weight is 392 g/mol. The zero-order valence-corrected chi connectivity index (χ0v) is 17.0. The Morgan fingerprint density at radius 1 is 1.21 bits per heavy atom. The number of aromatic nitrogens is 1. The monoisotopic (exact) mass is 391 g/mol. The van der Waals surface area contributed by atoms with Crippen LogP contribution in [0.5, 0.6) is 0 Å². The summed E-state index contributed by atoms with van der Waals surface area (Å²) in [5.41, 5.74) is 3.52. The smallest absolute Gasteiger partial charge is 0.318 e. The van der Waals surface area contributed by atoms with Crippen molar-refractivity contribution in [2.75, 3.05) is 0 Å². The molecular weight excluding hydrogens is 366 g/mol. The van der Waals surface area contributed by atoms with Crippen molar-refractivity contribution in [1.82, 2.24) is 15.2 Å². The highest BCUT2D eigenvalue weighted by Gasteiger charge is 2.40. The fourth-order valence-corrected chi connectivity index (χ4v) is 4.15. The van der Waals surface area contributed by atoms with Gasteiger partial charge in [0.15, 0.2) is 0 Å². The highest BCUT2D eigenvalue weighted by atomic mass is 32.1. The van der Waals surface area contributed by atoms with Gasteiger partial charge in [-0.25, -0.2) is 9.78 Å². The molecule has 3 aromatic rings. The van der Waals surface area contributed by atoms with Crippen molar-refractivity contribution in [3.05, 3.63) is 77.3 Å². The van der Waals surface area contributed by atoms with Gasteiger partial charge in [-0.3, -0.25) is 0 Å². The molecular formula is C23H25N3OS. The Morgan fingerprint density at radius 2 is 2.04 bits per heavy atom. The van der Waals surface area contributed by atoms with Crippen LogP contribution in [0.2, 0.25) is 0 Å². The molecule has 1 heterocycles. The Kier molecular flexibility index (Phi) is 5.44. The van der Waals surface area contributed by atoms with Gasteiger partial charge in [0.05, 0.1) is 0 Å². The van der Waals surface area contributed by atoms with Gasteiger partial charge in [0, 0.05) is 41.7 Å². The predicted molar refractivity (Wildman–Crippen MR) is 114 cm³/mol. The topological polar surface area (TPSA) is 45.2 Å². The lowest BCUT2D eigenvalue weighted by Gasteiger charge is -2.27. The first-order valence-corrected chi connectivity index (χ1v) is 10.6. The summed E-state index contributed by atoms with van der Waals surface area (Å²) >= 11 is 1.63. The van der Waals surface area contributed by atoms with Crippen molar-refractivity contribution >= 4 is 17.4 Å². The van der Waals surface area contributed by atoms with Crippen LogP contribution in [0.3, 0.4) is 0 Å². The standard InChI is InChI=1S/C23H25N3OS/c1-16(2)26(15-17-7-6-10-19(13-17)22-24-11-12-28-22)23(27)25-21-14-20(21)18-8-4-3-5-9-18/h3-13,16,20-21H,14-15H2,1-2H3,(H,25,27)/t20-,21+/m1/s1. The van der Waals surface area contributed by atoms with Crippen molar-refractivity contribution < 1.29 is 4.79 Å². The van der Waals surface area contributed by atoms with E-state index in [9.17, 15) is 4.79 Å². The van der Waals surface area contributed by atoms with Gasteiger partial charge >= 0.3 is 6.03 Å². The van der Waals surface area contributed by atoms with Crippen molar-refractivity contribution in [3.8, 4) is 10.6 Å². The van der Waals surface area contributed by atoms with Gasteiger partial charge in [0.25, 0.3) is 0 Å². The summed E-state index contributed by atoms with van der Waals surface area (Å²) in [5, 5.41) is 6.21. The third-order valence-electron chi connectivity index (χ3n) is 5.17. The number of hydrogen-bond acceptors (Lipinski definition) is 3. The molecule has 0 aliphatic heterocycles. The van der Waals surface area contributed by atoms with E-state index >= 15 is 0 Å². The summed E-state index contributed by atoms with van der Waals surface area (Å²) in [7, 11) is 0. The highest BCUT2D eigenvalue weighted by Crippen LogP contribution is 2.40. The van der Waals surface area contributed by atoms with Crippen LogP contribution in [-0.2, 0) is 6.54 Å². The Morgan fingerprint density at radius 3 is 2.75 bits per heavy atom. The zero-order chi connectivity index (χ0) is 19.5. The lowest BCUT2D eigenvalue weighted by atomic mass is 10.1. The van der Waals surface area contributed by atoms with E-state index in [-0.39, 0.29) is 18.1 Å². The van der Waals surface area contributed by atoms with E-state index in [0.29, 0.717) is 12.5 Å². The maximum absolute atomic E-state index is 12.9. The maximum atomic E-state index is 12.9. The molecule has 4 rings (SSSR count). The number of thiazole rings is 1. The van der Waals surface area contributed by atoms with Crippen LogP contribution in [0.1, 0.15) is 37.3 Å². The molecule has 0 spiro atoms. The second-order valence-corrected chi connectivity index (χ2v) is 8.46. The second kappa shape index (κ2) is 8.15. The Bertz CT molecular complexity index is 924. The predicted octanol–water partition coefficient (Wildman–Crippen LogP) is 5.29. The fourth-order valence-electron chi connectivity index (χ4n) is 3.52. The average Bonchev–Trinajstić information content (AvgIpc) is 3.24. The van der Waals surface area contributed by atoms with E-state index in [2.05, 4.69) is 66.6 Å². The normalized spacial score (nSPS) is 18.1. The van der Waals surface area contributed by atoms with E-state index in [1.807, 2.05) is 28.6 Å². The van der Waals surface area contributed by atoms with Crippen molar-refractivity contribution in [2.24, 2.45) is 0 Å². The molecule has 28 heavy (non-hydrogen) atoms. The number of nitrogens with one attached hydrogen (secondary N) is 1. The van der Waals surface area contributed by atoms with Gasteiger partial charge in [-0.2, -0.15) is 0 Å². The molecule has 1 aliphatic rings. The minimum atomic E-state index is 0.0121. The van der Waals surface area contributed by atoms with Gasteiger partial charge < -0.3 is 10.2 Å². The van der Waals surface area contributed by atoms with Crippen molar-refractivity contribution in [2.45, 2.75) is 44.8 Å². The Hall–Kier alpha value is -2.66. The molecule has 1 N–H and O–H groups in total. The molecule has 2 aromatic carbocycles. The first-order chi connectivity index (χ1) is 13.6. The third kappa shape index (κ3) is 4.25. The molecule has 4 nitrogen and oxygen atoms in total. The third-order valence-corrected chi connectivity index (χ3v) is 5.99. The van der Waals surface area contributed by atoms with E-state index in [1.165, 1.54) is 5.56 Å². The SMILES string of the molecule is CC(C)N(Cc1cccc(-c2nccs2)c1)C(=O)N[C@H]1C[C@@H]1c1ccccc1. The lowest BCUT2D eigenvalue weighted by molar-refractivity contribution is 0.179. The molecule has 5 heteroatoms. The van der Waals surface area contributed by atoms with Crippen molar-refractivity contribution in [1.29, 1.82) is 0 Å². The Labute approximate surface area is 170 Å². The number of amides is 2. The molecule has 0 bridgehead atoms. The molecule has 0 unspecified atom stereocenters. The van der Waals surface area contributed by atoms with Crippen LogP contribution in [0, 0.1) is 0 Å². The highest BCUT2D eigenvalue weighted by molar-refractivity contribution is 7.13. The van der Waals surface area contributed by atoms with Crippen LogP contribution in [0.15, 0.2) is 66.2 Å². The van der Waals surface area contributed by atoms with Crippen LogP contribution >= 0.6 is 11.3 Å². The summed E-state index contributed by atoms with van der Waals surface area (Å²) < 4.78 is 0. The summed E-state index contributed by atoms with van der Waals surface area (Å²) in [5.74, 6) is 0.437. The van der Waals surface area contributed by atoms with E-state index in [4.69, 9.17) is 0 Å². The minimum Gasteiger partial charge on any atom is -0.335 e. The van der Waals surface area contributed by atoms with Crippen LogP contribution in [-0.4, -0.2) is 28.0 Å². The van der Waals surface area contributed by atoms with E-state index < -0.39 is 0 Å². The lowest BCUT2D eigenvalue weighted by Crippen LogP contribution is -2.44. The quantitative estimate of drug-likeness (QED) is 0.621. The molecule has 2 amide bonds. The van der Waals surface area contributed by atoms with Gasteiger partial charge in [-0.05, 0) is 37.5 Å². The molecule has 1 aliphatic carbocycles. The number of rotatable bonds is 6. The minimum absolute atomic E-state index is 0.0121. The van der Waals surface area contributed by atoms with E-state index in [0.717, 1.165) is 22.6 Å². The first-order valence-electron chi connectivity index (χ1n) is 9.72. The van der Waals surface area contributed by atoms with Crippen LogP contribution < -0.4 is 5.32 Å². The molecule has 1 aromatic heterocycles. The van der Waals surface area contributed by atoms with E-state index in [1.54, 1.807) is 11.3 Å². The maximum Gasteiger partial charge on any atom is 0.318 e. The molecule has 2 atom stereocenters. The summed E-state index contributed by atoms with van der Waals surface area (Å²) in [4.78, 5) is 19.2. The number of carbonyl (C=O) groups excluding carboxylic acids is 1. The number of nitrogens with zero attached hydrogens (tertiary/aromatic N) is 2. The Balaban J connectivity index is 1.42. The number of urea groups is 1. The van der Waals surface area contributed by atoms with Gasteiger partial charge in [0.2, 0.25) is 0 Å². The largest absolute Gasteiger partial charge is 0.335 e. The molecule has 144 valence electrons. The molecule has 1 saturated carbocycles. The van der Waals surface area contributed by atoms with Crippen LogP contribution in [0.25, 0.3) is 10.6 Å². The van der Waals surface area contributed by atoms with Gasteiger partial charge in [-0.1, -0.05) is 48.5 Å². The summed E-state index contributed by atoms with van der Waals surface area (Å²) in [6.45, 7) is 4.71. The number of hydrogen-bond donors (Lipinski definition) is 1. The molecule has 1 fully saturated rings.